The van der Waals surface area contributed by atoms with E-state index in [-0.39, 0.29) is 18.0 Å². The van der Waals surface area contributed by atoms with Gasteiger partial charge in [-0.2, -0.15) is 13.2 Å². The number of hydrogen-bond donors (Lipinski definition) is 3. The fourth-order valence-electron chi connectivity index (χ4n) is 4.92. The van der Waals surface area contributed by atoms with Crippen molar-refractivity contribution in [1.82, 2.24) is 0 Å². The number of nitrogens with one attached hydrogen (secondary N) is 1. The standard InChI is InChI=1S/C26H29F3N2O2S/c27-26(28,29)21-15-19(12-13-22(21)30)31-24(32)25(33,18-8-2-1-3-9-18)16-17-7-4-5-10-20(17)23-11-6-14-34-23/h4-5,7,10-13,15,18,33H,1-3,6,8-9,14,16,30H2,(H,31,32). The molecule has 2 aromatic rings. The predicted octanol–water partition coefficient (Wildman–Crippen LogP) is 6.26. The van der Waals surface area contributed by atoms with E-state index in [4.69, 9.17) is 5.73 Å². The van der Waals surface area contributed by atoms with Gasteiger partial charge in [-0.15, -0.1) is 11.8 Å². The first-order valence-electron chi connectivity index (χ1n) is 11.6. The Morgan fingerprint density at radius 2 is 1.85 bits per heavy atom. The maximum Gasteiger partial charge on any atom is 0.418 e. The van der Waals surface area contributed by atoms with Gasteiger partial charge in [0.2, 0.25) is 0 Å². The number of alkyl halides is 3. The highest BCUT2D eigenvalue weighted by Crippen LogP contribution is 2.41. The van der Waals surface area contributed by atoms with E-state index in [2.05, 4.69) is 11.4 Å². The van der Waals surface area contributed by atoms with E-state index in [1.54, 1.807) is 11.8 Å². The number of carbonyl (C=O) groups excluding carboxylic acids is 1. The lowest BCUT2D eigenvalue weighted by molar-refractivity contribution is -0.142. The van der Waals surface area contributed by atoms with Gasteiger partial charge in [0.25, 0.3) is 5.91 Å². The van der Waals surface area contributed by atoms with Gasteiger partial charge in [-0.25, -0.2) is 0 Å². The Labute approximate surface area is 201 Å². The number of benzene rings is 2. The molecule has 0 bridgehead atoms. The van der Waals surface area contributed by atoms with Crippen LogP contribution in [0.1, 0.15) is 55.2 Å². The van der Waals surface area contributed by atoms with Crippen LogP contribution in [0.2, 0.25) is 0 Å². The second-order valence-corrected chi connectivity index (χ2v) is 10.2. The first kappa shape index (κ1) is 24.7. The topological polar surface area (TPSA) is 75.3 Å². The summed E-state index contributed by atoms with van der Waals surface area (Å²) in [7, 11) is 0. The lowest BCUT2D eigenvalue weighted by Crippen LogP contribution is -2.51. The number of aliphatic hydroxyl groups is 1. The molecule has 0 aromatic heterocycles. The highest BCUT2D eigenvalue weighted by Gasteiger charge is 2.45. The Kier molecular flexibility index (Phi) is 7.28. The molecule has 1 amide bonds. The second-order valence-electron chi connectivity index (χ2n) is 9.05. The van der Waals surface area contributed by atoms with Crippen LogP contribution in [0.15, 0.2) is 48.5 Å². The minimum absolute atomic E-state index is 0.0388. The Bertz CT molecular complexity index is 1080. The number of allylic oxidation sites excluding steroid dienone is 1. The summed E-state index contributed by atoms with van der Waals surface area (Å²) in [6.45, 7) is 0. The molecule has 1 atom stereocenters. The Balaban J connectivity index is 1.66. The quantitative estimate of drug-likeness (QED) is 0.418. The third-order valence-corrected chi connectivity index (χ3v) is 7.88. The molecule has 0 saturated heterocycles. The maximum absolute atomic E-state index is 13.5. The predicted molar refractivity (Wildman–Crippen MR) is 131 cm³/mol. The van der Waals surface area contributed by atoms with Crippen molar-refractivity contribution in [2.75, 3.05) is 16.8 Å². The van der Waals surface area contributed by atoms with Crippen LogP contribution in [0.3, 0.4) is 0 Å². The van der Waals surface area contributed by atoms with E-state index >= 15 is 0 Å². The molecule has 4 nitrogen and oxygen atoms in total. The molecule has 4 N–H and O–H groups in total. The fourth-order valence-corrected chi connectivity index (χ4v) is 5.97. The van der Waals surface area contributed by atoms with Crippen LogP contribution in [0.25, 0.3) is 4.91 Å². The van der Waals surface area contributed by atoms with Gasteiger partial charge in [0.05, 0.1) is 5.56 Å². The van der Waals surface area contributed by atoms with Gasteiger partial charge in [-0.3, -0.25) is 4.79 Å². The summed E-state index contributed by atoms with van der Waals surface area (Å²) >= 11 is 1.75. The monoisotopic (exact) mass is 490 g/mol. The number of nitrogen functional groups attached to an aromatic ring is 1. The summed E-state index contributed by atoms with van der Waals surface area (Å²) < 4.78 is 40.0. The van der Waals surface area contributed by atoms with Crippen molar-refractivity contribution in [2.24, 2.45) is 5.92 Å². The number of halogens is 3. The zero-order chi connectivity index (χ0) is 24.3. The number of nitrogens with two attached hydrogens (primary N) is 1. The summed E-state index contributed by atoms with van der Waals surface area (Å²) in [5.41, 5.74) is 4.14. The molecule has 0 spiro atoms. The van der Waals surface area contributed by atoms with Crippen molar-refractivity contribution in [2.45, 2.75) is 56.7 Å². The van der Waals surface area contributed by atoms with Crippen molar-refractivity contribution in [3.05, 3.63) is 65.2 Å². The smallest absolute Gasteiger partial charge is 0.398 e. The largest absolute Gasteiger partial charge is 0.418 e. The number of rotatable bonds is 6. The number of amides is 1. The van der Waals surface area contributed by atoms with Gasteiger partial charge < -0.3 is 16.2 Å². The van der Waals surface area contributed by atoms with Crippen molar-refractivity contribution < 1.29 is 23.1 Å². The summed E-state index contributed by atoms with van der Waals surface area (Å²) in [5, 5.41) is 14.4. The third kappa shape index (κ3) is 5.28. The summed E-state index contributed by atoms with van der Waals surface area (Å²) in [4.78, 5) is 14.7. The second kappa shape index (κ2) is 10.0. The zero-order valence-electron chi connectivity index (χ0n) is 18.8. The molecule has 8 heteroatoms. The van der Waals surface area contributed by atoms with Gasteiger partial charge in [0, 0.05) is 28.5 Å². The van der Waals surface area contributed by atoms with Crippen LogP contribution in [0.5, 0.6) is 0 Å². The molecule has 1 heterocycles. The van der Waals surface area contributed by atoms with Crippen LogP contribution in [0, 0.1) is 5.92 Å². The van der Waals surface area contributed by atoms with Gasteiger partial charge in [0.1, 0.15) is 5.60 Å². The van der Waals surface area contributed by atoms with Crippen molar-refractivity contribution in [3.8, 4) is 0 Å². The lowest BCUT2D eigenvalue weighted by atomic mass is 9.73. The normalized spacial score (nSPS) is 18.9. The molecule has 2 aliphatic rings. The number of carbonyl (C=O) groups is 1. The number of thioether (sulfide) groups is 1. The Morgan fingerprint density at radius 3 is 2.53 bits per heavy atom. The lowest BCUT2D eigenvalue weighted by Gasteiger charge is -2.38. The van der Waals surface area contributed by atoms with Crippen molar-refractivity contribution in [3.63, 3.8) is 0 Å². The van der Waals surface area contributed by atoms with Gasteiger partial charge >= 0.3 is 6.18 Å². The van der Waals surface area contributed by atoms with Crippen LogP contribution in [-0.2, 0) is 17.4 Å². The molecule has 0 radical (unpaired) electrons. The fraction of sp³-hybridized carbons (Fsp3) is 0.423. The third-order valence-electron chi connectivity index (χ3n) is 6.74. The van der Waals surface area contributed by atoms with Crippen LogP contribution >= 0.6 is 11.8 Å². The average Bonchev–Trinajstić information content (AvgIpc) is 3.35. The van der Waals surface area contributed by atoms with Gasteiger partial charge in [-0.05, 0) is 54.5 Å². The van der Waals surface area contributed by atoms with E-state index in [9.17, 15) is 23.1 Å². The van der Waals surface area contributed by atoms with E-state index in [1.807, 2.05) is 24.3 Å². The molecular formula is C26H29F3N2O2S. The summed E-state index contributed by atoms with van der Waals surface area (Å²) in [5.74, 6) is 0.0333. The molecule has 182 valence electrons. The van der Waals surface area contributed by atoms with Crippen molar-refractivity contribution in [1.29, 1.82) is 0 Å². The summed E-state index contributed by atoms with van der Waals surface area (Å²) in [6.07, 6.45) is 2.83. The van der Waals surface area contributed by atoms with E-state index < -0.39 is 28.9 Å². The molecule has 1 aliphatic carbocycles. The minimum atomic E-state index is -4.64. The number of anilines is 2. The number of hydrogen-bond acceptors (Lipinski definition) is 4. The molecule has 34 heavy (non-hydrogen) atoms. The molecule has 1 unspecified atom stereocenters. The summed E-state index contributed by atoms with van der Waals surface area (Å²) in [6, 6.07) is 11.0. The first-order chi connectivity index (χ1) is 16.2. The Morgan fingerprint density at radius 1 is 1.12 bits per heavy atom. The minimum Gasteiger partial charge on any atom is -0.398 e. The molecule has 4 rings (SSSR count). The van der Waals surface area contributed by atoms with Crippen LogP contribution in [-0.4, -0.2) is 22.4 Å². The van der Waals surface area contributed by atoms with Crippen LogP contribution < -0.4 is 11.1 Å². The highest BCUT2D eigenvalue weighted by atomic mass is 32.2. The average molecular weight is 491 g/mol. The Hall–Kier alpha value is -2.45. The molecule has 1 fully saturated rings. The van der Waals surface area contributed by atoms with E-state index in [0.717, 1.165) is 59.6 Å². The highest BCUT2D eigenvalue weighted by molar-refractivity contribution is 8.08. The zero-order valence-corrected chi connectivity index (χ0v) is 19.6. The molecular weight excluding hydrogens is 461 g/mol. The maximum atomic E-state index is 13.5. The van der Waals surface area contributed by atoms with Crippen LogP contribution in [0.4, 0.5) is 24.5 Å². The van der Waals surface area contributed by atoms with E-state index in [0.29, 0.717) is 12.8 Å². The molecule has 1 aliphatic heterocycles. The van der Waals surface area contributed by atoms with Gasteiger partial charge in [0.15, 0.2) is 0 Å². The van der Waals surface area contributed by atoms with Gasteiger partial charge in [-0.1, -0.05) is 49.6 Å². The molecule has 2 aromatic carbocycles. The molecule has 1 saturated carbocycles. The van der Waals surface area contributed by atoms with E-state index in [1.165, 1.54) is 6.07 Å². The first-order valence-corrected chi connectivity index (χ1v) is 12.6. The SMILES string of the molecule is Nc1ccc(NC(=O)C(O)(Cc2ccccc2C2=CCCS2)C2CCCCC2)cc1C(F)(F)F. The van der Waals surface area contributed by atoms with Crippen molar-refractivity contribution >= 4 is 33.9 Å².